The molecule has 1 amide bonds. The number of aryl methyl sites for hydroxylation is 1. The van der Waals surface area contributed by atoms with E-state index >= 15 is 0 Å². The summed E-state index contributed by atoms with van der Waals surface area (Å²) in [5, 5.41) is 0.943. The standard InChI is InChI=1S/C13H23N5OS/c1-4-5-13(3,14)11(19)17-6-8-18(9-7-17)12-15-10(2)16-20-12/h4-9,14H2,1-3H3. The Bertz CT molecular complexity index is 465. The van der Waals surface area contributed by atoms with Gasteiger partial charge in [0, 0.05) is 37.7 Å². The molecule has 1 atom stereocenters. The van der Waals surface area contributed by atoms with Crippen molar-refractivity contribution in [2.75, 3.05) is 31.1 Å². The lowest BCUT2D eigenvalue weighted by molar-refractivity contribution is -0.137. The molecule has 112 valence electrons. The van der Waals surface area contributed by atoms with Gasteiger partial charge in [0.15, 0.2) is 0 Å². The van der Waals surface area contributed by atoms with Crippen LogP contribution in [-0.4, -0.2) is 51.9 Å². The van der Waals surface area contributed by atoms with Crippen molar-refractivity contribution in [2.24, 2.45) is 5.73 Å². The fraction of sp³-hybridized carbons (Fsp3) is 0.769. The van der Waals surface area contributed by atoms with E-state index in [9.17, 15) is 4.79 Å². The first-order chi connectivity index (χ1) is 9.44. The topological polar surface area (TPSA) is 75.4 Å². The van der Waals surface area contributed by atoms with E-state index < -0.39 is 5.54 Å². The Kier molecular flexibility index (Phi) is 4.59. The van der Waals surface area contributed by atoms with Gasteiger partial charge < -0.3 is 15.5 Å². The molecular formula is C13H23N5OS. The van der Waals surface area contributed by atoms with E-state index in [0.29, 0.717) is 13.1 Å². The van der Waals surface area contributed by atoms with Crippen LogP contribution in [0, 0.1) is 6.92 Å². The zero-order valence-corrected chi connectivity index (χ0v) is 13.2. The minimum Gasteiger partial charge on any atom is -0.343 e. The van der Waals surface area contributed by atoms with Gasteiger partial charge >= 0.3 is 0 Å². The summed E-state index contributed by atoms with van der Waals surface area (Å²) >= 11 is 1.42. The average Bonchev–Trinajstić information content (AvgIpc) is 2.85. The predicted octanol–water partition coefficient (Wildman–Crippen LogP) is 1.01. The quantitative estimate of drug-likeness (QED) is 0.898. The Hall–Kier alpha value is -1.21. The molecule has 0 saturated carbocycles. The highest BCUT2D eigenvalue weighted by Gasteiger charge is 2.33. The average molecular weight is 297 g/mol. The van der Waals surface area contributed by atoms with Crippen molar-refractivity contribution >= 4 is 22.6 Å². The monoisotopic (exact) mass is 297 g/mol. The molecule has 1 fully saturated rings. The Labute approximate surface area is 124 Å². The highest BCUT2D eigenvalue weighted by atomic mass is 32.1. The van der Waals surface area contributed by atoms with E-state index in [0.717, 1.165) is 36.9 Å². The maximum Gasteiger partial charge on any atom is 0.242 e. The van der Waals surface area contributed by atoms with Gasteiger partial charge in [-0.15, -0.1) is 0 Å². The van der Waals surface area contributed by atoms with E-state index in [4.69, 9.17) is 5.73 Å². The Morgan fingerprint density at radius 3 is 2.55 bits per heavy atom. The van der Waals surface area contributed by atoms with Gasteiger partial charge in [-0.05, 0) is 20.3 Å². The van der Waals surface area contributed by atoms with Gasteiger partial charge in [0.05, 0.1) is 5.54 Å². The Morgan fingerprint density at radius 2 is 2.05 bits per heavy atom. The smallest absolute Gasteiger partial charge is 0.242 e. The molecule has 0 radical (unpaired) electrons. The molecule has 1 aliphatic heterocycles. The van der Waals surface area contributed by atoms with Crippen molar-refractivity contribution in [3.8, 4) is 0 Å². The molecule has 1 aromatic rings. The lowest BCUT2D eigenvalue weighted by Crippen LogP contribution is -2.58. The number of nitrogens with zero attached hydrogens (tertiary/aromatic N) is 4. The number of hydrogen-bond acceptors (Lipinski definition) is 6. The van der Waals surface area contributed by atoms with E-state index in [1.54, 1.807) is 0 Å². The number of amides is 1. The van der Waals surface area contributed by atoms with Gasteiger partial charge in [0.1, 0.15) is 5.82 Å². The molecule has 1 aromatic heterocycles. The molecule has 2 rings (SSSR count). The number of hydrogen-bond donors (Lipinski definition) is 1. The Balaban J connectivity index is 1.92. The summed E-state index contributed by atoms with van der Waals surface area (Å²) in [6.07, 6.45) is 1.64. The largest absolute Gasteiger partial charge is 0.343 e. The van der Waals surface area contributed by atoms with Gasteiger partial charge in [-0.3, -0.25) is 4.79 Å². The fourth-order valence-electron chi connectivity index (χ4n) is 2.50. The van der Waals surface area contributed by atoms with Crippen molar-refractivity contribution in [1.29, 1.82) is 0 Å². The maximum absolute atomic E-state index is 12.4. The third-order valence-corrected chi connectivity index (χ3v) is 4.48. The van der Waals surface area contributed by atoms with Gasteiger partial charge in [-0.2, -0.15) is 4.37 Å². The number of aromatic nitrogens is 2. The van der Waals surface area contributed by atoms with E-state index in [-0.39, 0.29) is 5.91 Å². The van der Waals surface area contributed by atoms with Crippen molar-refractivity contribution in [1.82, 2.24) is 14.3 Å². The zero-order valence-electron chi connectivity index (χ0n) is 12.4. The van der Waals surface area contributed by atoms with Crippen LogP contribution in [-0.2, 0) is 4.79 Å². The van der Waals surface area contributed by atoms with Crippen molar-refractivity contribution in [3.05, 3.63) is 5.82 Å². The molecule has 2 N–H and O–H groups in total. The molecule has 0 bridgehead atoms. The number of rotatable bonds is 4. The van der Waals surface area contributed by atoms with Crippen molar-refractivity contribution < 1.29 is 4.79 Å². The summed E-state index contributed by atoms with van der Waals surface area (Å²) in [7, 11) is 0. The van der Waals surface area contributed by atoms with E-state index in [1.165, 1.54) is 11.5 Å². The molecule has 2 heterocycles. The summed E-state index contributed by atoms with van der Waals surface area (Å²) in [5.41, 5.74) is 5.39. The van der Waals surface area contributed by atoms with Crippen LogP contribution in [0.3, 0.4) is 0 Å². The summed E-state index contributed by atoms with van der Waals surface area (Å²) in [6.45, 7) is 8.77. The highest BCUT2D eigenvalue weighted by Crippen LogP contribution is 2.20. The fourth-order valence-corrected chi connectivity index (χ4v) is 3.23. The second kappa shape index (κ2) is 6.05. The number of anilines is 1. The van der Waals surface area contributed by atoms with Gasteiger partial charge in [-0.1, -0.05) is 13.3 Å². The van der Waals surface area contributed by atoms with Crippen LogP contribution < -0.4 is 10.6 Å². The molecule has 0 spiro atoms. The van der Waals surface area contributed by atoms with Crippen LogP contribution in [0.1, 0.15) is 32.5 Å². The van der Waals surface area contributed by atoms with Crippen molar-refractivity contribution in [3.63, 3.8) is 0 Å². The molecule has 1 saturated heterocycles. The normalized spacial score (nSPS) is 19.0. The molecule has 6 nitrogen and oxygen atoms in total. The minimum absolute atomic E-state index is 0.0624. The molecule has 20 heavy (non-hydrogen) atoms. The highest BCUT2D eigenvalue weighted by molar-refractivity contribution is 7.09. The first kappa shape index (κ1) is 15.2. The van der Waals surface area contributed by atoms with Gasteiger partial charge in [-0.25, -0.2) is 4.98 Å². The summed E-state index contributed by atoms with van der Waals surface area (Å²) in [5.74, 6) is 0.869. The van der Waals surface area contributed by atoms with Crippen LogP contribution in [0.4, 0.5) is 5.13 Å². The first-order valence-corrected chi connectivity index (χ1v) is 7.85. The first-order valence-electron chi connectivity index (χ1n) is 7.07. The zero-order chi connectivity index (χ0) is 14.8. The SMILES string of the molecule is CCCC(C)(N)C(=O)N1CCN(c2nc(C)ns2)CC1. The number of carbonyl (C=O) groups is 1. The lowest BCUT2D eigenvalue weighted by Gasteiger charge is -2.38. The second-order valence-electron chi connectivity index (χ2n) is 5.57. The summed E-state index contributed by atoms with van der Waals surface area (Å²) < 4.78 is 4.20. The third kappa shape index (κ3) is 3.27. The van der Waals surface area contributed by atoms with E-state index in [1.807, 2.05) is 25.7 Å². The second-order valence-corrected chi connectivity index (χ2v) is 6.30. The van der Waals surface area contributed by atoms with Crippen LogP contribution >= 0.6 is 11.5 Å². The third-order valence-electron chi connectivity index (χ3n) is 3.61. The van der Waals surface area contributed by atoms with E-state index in [2.05, 4.69) is 14.3 Å². The number of piperazine rings is 1. The van der Waals surface area contributed by atoms with Crippen LogP contribution in [0.25, 0.3) is 0 Å². The molecule has 7 heteroatoms. The summed E-state index contributed by atoms with van der Waals surface area (Å²) in [6, 6.07) is 0. The van der Waals surface area contributed by atoms with Crippen LogP contribution in [0.5, 0.6) is 0 Å². The lowest BCUT2D eigenvalue weighted by atomic mass is 9.95. The molecule has 1 aliphatic rings. The number of nitrogens with two attached hydrogens (primary N) is 1. The van der Waals surface area contributed by atoms with Gasteiger partial charge in [0.25, 0.3) is 0 Å². The summed E-state index contributed by atoms with van der Waals surface area (Å²) in [4.78, 5) is 20.9. The maximum atomic E-state index is 12.4. The van der Waals surface area contributed by atoms with Crippen LogP contribution in [0.15, 0.2) is 0 Å². The van der Waals surface area contributed by atoms with Crippen LogP contribution in [0.2, 0.25) is 0 Å². The Morgan fingerprint density at radius 1 is 1.40 bits per heavy atom. The molecule has 0 aliphatic carbocycles. The minimum atomic E-state index is -0.740. The molecular weight excluding hydrogens is 274 g/mol. The number of carbonyl (C=O) groups excluding carboxylic acids is 1. The molecule has 1 unspecified atom stereocenters. The van der Waals surface area contributed by atoms with Crippen molar-refractivity contribution in [2.45, 2.75) is 39.2 Å². The van der Waals surface area contributed by atoms with Gasteiger partial charge in [0.2, 0.25) is 11.0 Å². The molecule has 0 aromatic carbocycles. The predicted molar refractivity (Wildman–Crippen MR) is 80.9 cm³/mol.